The van der Waals surface area contributed by atoms with Crippen molar-refractivity contribution in [1.29, 1.82) is 0 Å². The third-order valence-corrected chi connectivity index (χ3v) is 3.20. The van der Waals surface area contributed by atoms with Crippen LogP contribution in [-0.4, -0.2) is 46.6 Å². The largest absolute Gasteiger partial charge is 0.375 e. The minimum atomic E-state index is -0.0756. The van der Waals surface area contributed by atoms with E-state index in [9.17, 15) is 4.79 Å². The highest BCUT2D eigenvalue weighted by atomic mass is 16.5. The standard InChI is InChI=1S/C14H15N3O2/c1-10-9-17(6-7-19-10)14(18)13-8-15-11-4-2-3-5-12(11)16-13/h2-5,8,10H,6-7,9H2,1H3. The first kappa shape index (κ1) is 12.0. The second kappa shape index (κ2) is 4.93. The summed E-state index contributed by atoms with van der Waals surface area (Å²) in [7, 11) is 0. The Bertz CT molecular complexity index is 614. The third-order valence-electron chi connectivity index (χ3n) is 3.20. The number of carbonyl (C=O) groups excluding carboxylic acids is 1. The molecule has 1 fully saturated rings. The highest BCUT2D eigenvalue weighted by Crippen LogP contribution is 2.12. The number of benzene rings is 1. The van der Waals surface area contributed by atoms with Gasteiger partial charge in [0.25, 0.3) is 5.91 Å². The molecule has 2 heterocycles. The zero-order chi connectivity index (χ0) is 13.2. The maximum Gasteiger partial charge on any atom is 0.274 e. The first-order chi connectivity index (χ1) is 9.24. The van der Waals surface area contributed by atoms with Gasteiger partial charge < -0.3 is 9.64 Å². The van der Waals surface area contributed by atoms with E-state index in [1.807, 2.05) is 31.2 Å². The van der Waals surface area contributed by atoms with E-state index in [4.69, 9.17) is 4.74 Å². The lowest BCUT2D eigenvalue weighted by atomic mass is 10.2. The molecule has 5 heteroatoms. The molecule has 0 N–H and O–H groups in total. The van der Waals surface area contributed by atoms with E-state index in [-0.39, 0.29) is 12.0 Å². The summed E-state index contributed by atoms with van der Waals surface area (Å²) in [6.07, 6.45) is 1.62. The average molecular weight is 257 g/mol. The first-order valence-corrected chi connectivity index (χ1v) is 6.37. The van der Waals surface area contributed by atoms with E-state index in [1.54, 1.807) is 11.1 Å². The Kier molecular flexibility index (Phi) is 3.13. The summed E-state index contributed by atoms with van der Waals surface area (Å²) in [5.41, 5.74) is 1.94. The Hall–Kier alpha value is -2.01. The lowest BCUT2D eigenvalue weighted by Crippen LogP contribution is -2.44. The van der Waals surface area contributed by atoms with Crippen molar-refractivity contribution in [3.8, 4) is 0 Å². The van der Waals surface area contributed by atoms with Crippen molar-refractivity contribution >= 4 is 16.9 Å². The molecule has 1 aromatic carbocycles. The average Bonchev–Trinajstić information content (AvgIpc) is 2.46. The number of nitrogens with zero attached hydrogens (tertiary/aromatic N) is 3. The molecule has 1 unspecified atom stereocenters. The maximum atomic E-state index is 12.4. The Morgan fingerprint density at radius 3 is 2.95 bits per heavy atom. The van der Waals surface area contributed by atoms with Crippen LogP contribution < -0.4 is 0 Å². The molecule has 1 aliphatic heterocycles. The fourth-order valence-electron chi connectivity index (χ4n) is 2.23. The number of hydrogen-bond donors (Lipinski definition) is 0. The van der Waals surface area contributed by atoms with Gasteiger partial charge in [-0.2, -0.15) is 0 Å². The van der Waals surface area contributed by atoms with Gasteiger partial charge in [0.15, 0.2) is 0 Å². The SMILES string of the molecule is CC1CN(C(=O)c2cnc3ccccc3n2)CCO1. The third kappa shape index (κ3) is 2.42. The lowest BCUT2D eigenvalue weighted by molar-refractivity contribution is -0.0126. The van der Waals surface area contributed by atoms with Crippen LogP contribution in [-0.2, 0) is 4.74 Å². The van der Waals surface area contributed by atoms with Crippen LogP contribution in [0.5, 0.6) is 0 Å². The molecular weight excluding hydrogens is 242 g/mol. The van der Waals surface area contributed by atoms with Gasteiger partial charge in [-0.25, -0.2) is 4.98 Å². The number of carbonyl (C=O) groups is 1. The summed E-state index contributed by atoms with van der Waals surface area (Å²) >= 11 is 0. The quantitative estimate of drug-likeness (QED) is 0.776. The van der Waals surface area contributed by atoms with Gasteiger partial charge in [0.05, 0.1) is 29.9 Å². The fraction of sp³-hybridized carbons (Fsp3) is 0.357. The van der Waals surface area contributed by atoms with Crippen molar-refractivity contribution in [3.05, 3.63) is 36.2 Å². The van der Waals surface area contributed by atoms with E-state index >= 15 is 0 Å². The van der Waals surface area contributed by atoms with Gasteiger partial charge in [-0.15, -0.1) is 0 Å². The van der Waals surface area contributed by atoms with Gasteiger partial charge in [-0.1, -0.05) is 12.1 Å². The Morgan fingerprint density at radius 1 is 1.37 bits per heavy atom. The smallest absolute Gasteiger partial charge is 0.274 e. The van der Waals surface area contributed by atoms with Gasteiger partial charge in [-0.3, -0.25) is 9.78 Å². The summed E-state index contributed by atoms with van der Waals surface area (Å²) in [5.74, 6) is -0.0756. The summed E-state index contributed by atoms with van der Waals surface area (Å²) in [5, 5.41) is 0. The van der Waals surface area contributed by atoms with Gasteiger partial charge >= 0.3 is 0 Å². The number of ether oxygens (including phenoxy) is 1. The topological polar surface area (TPSA) is 55.3 Å². The minimum absolute atomic E-state index is 0.0751. The lowest BCUT2D eigenvalue weighted by Gasteiger charge is -2.30. The van der Waals surface area contributed by atoms with Crippen LogP contribution in [0.15, 0.2) is 30.5 Å². The predicted molar refractivity (Wildman–Crippen MR) is 70.9 cm³/mol. The molecular formula is C14H15N3O2. The molecule has 1 amide bonds. The van der Waals surface area contributed by atoms with Crippen molar-refractivity contribution < 1.29 is 9.53 Å². The van der Waals surface area contributed by atoms with Crippen molar-refractivity contribution in [3.63, 3.8) is 0 Å². The number of aromatic nitrogens is 2. The molecule has 5 nitrogen and oxygen atoms in total. The summed E-state index contributed by atoms with van der Waals surface area (Å²) in [6.45, 7) is 3.75. The molecule has 3 rings (SSSR count). The number of amides is 1. The number of fused-ring (bicyclic) bond motifs is 1. The molecule has 0 bridgehead atoms. The van der Waals surface area contributed by atoms with Crippen LogP contribution in [0, 0.1) is 0 Å². The van der Waals surface area contributed by atoms with Crippen LogP contribution in [0.25, 0.3) is 11.0 Å². The number of rotatable bonds is 1. The van der Waals surface area contributed by atoms with Crippen LogP contribution >= 0.6 is 0 Å². The van der Waals surface area contributed by atoms with E-state index in [0.29, 0.717) is 25.4 Å². The molecule has 1 aromatic heterocycles. The molecule has 1 atom stereocenters. The molecule has 0 aliphatic carbocycles. The summed E-state index contributed by atoms with van der Waals surface area (Å²) in [4.78, 5) is 22.8. The van der Waals surface area contributed by atoms with Crippen LogP contribution in [0.1, 0.15) is 17.4 Å². The van der Waals surface area contributed by atoms with E-state index < -0.39 is 0 Å². The van der Waals surface area contributed by atoms with Gasteiger partial charge in [-0.05, 0) is 19.1 Å². The molecule has 1 saturated heterocycles. The second-order valence-electron chi connectivity index (χ2n) is 4.68. The number of morpholine rings is 1. The Balaban J connectivity index is 1.88. The molecule has 98 valence electrons. The fourth-order valence-corrected chi connectivity index (χ4v) is 2.23. The number of para-hydroxylation sites is 2. The molecule has 1 aliphatic rings. The van der Waals surface area contributed by atoms with Crippen LogP contribution in [0.2, 0.25) is 0 Å². The first-order valence-electron chi connectivity index (χ1n) is 6.37. The van der Waals surface area contributed by atoms with Gasteiger partial charge in [0.1, 0.15) is 5.69 Å². The van der Waals surface area contributed by atoms with Crippen molar-refractivity contribution in [2.75, 3.05) is 19.7 Å². The highest BCUT2D eigenvalue weighted by Gasteiger charge is 2.23. The molecule has 2 aromatic rings. The maximum absolute atomic E-state index is 12.4. The number of hydrogen-bond acceptors (Lipinski definition) is 4. The van der Waals surface area contributed by atoms with Crippen molar-refractivity contribution in [2.24, 2.45) is 0 Å². The van der Waals surface area contributed by atoms with Crippen molar-refractivity contribution in [1.82, 2.24) is 14.9 Å². The molecule has 0 spiro atoms. The van der Waals surface area contributed by atoms with E-state index in [1.165, 1.54) is 0 Å². The second-order valence-corrected chi connectivity index (χ2v) is 4.68. The van der Waals surface area contributed by atoms with E-state index in [0.717, 1.165) is 11.0 Å². The summed E-state index contributed by atoms with van der Waals surface area (Å²) < 4.78 is 5.43. The van der Waals surface area contributed by atoms with Crippen LogP contribution in [0.4, 0.5) is 0 Å². The van der Waals surface area contributed by atoms with Gasteiger partial charge in [0, 0.05) is 13.1 Å². The van der Waals surface area contributed by atoms with E-state index in [2.05, 4.69) is 9.97 Å². The zero-order valence-corrected chi connectivity index (χ0v) is 10.7. The van der Waals surface area contributed by atoms with Crippen molar-refractivity contribution in [2.45, 2.75) is 13.0 Å². The Labute approximate surface area is 111 Å². The molecule has 0 radical (unpaired) electrons. The predicted octanol–water partition coefficient (Wildman–Crippen LogP) is 1.49. The van der Waals surface area contributed by atoms with Gasteiger partial charge in [0.2, 0.25) is 0 Å². The Morgan fingerprint density at radius 2 is 2.16 bits per heavy atom. The minimum Gasteiger partial charge on any atom is -0.375 e. The molecule has 0 saturated carbocycles. The molecule has 19 heavy (non-hydrogen) atoms. The zero-order valence-electron chi connectivity index (χ0n) is 10.7. The highest BCUT2D eigenvalue weighted by molar-refractivity contribution is 5.93. The summed E-state index contributed by atoms with van der Waals surface area (Å²) in [6, 6.07) is 7.54. The normalized spacial score (nSPS) is 19.6. The monoisotopic (exact) mass is 257 g/mol. The van der Waals surface area contributed by atoms with Crippen LogP contribution in [0.3, 0.4) is 0 Å².